The summed E-state index contributed by atoms with van der Waals surface area (Å²) in [7, 11) is 0. The minimum Gasteiger partial charge on any atom is -0.398 e. The molecule has 1 heteroatoms. The summed E-state index contributed by atoms with van der Waals surface area (Å²) in [6.07, 6.45) is 0. The van der Waals surface area contributed by atoms with Crippen LogP contribution in [0.3, 0.4) is 0 Å². The lowest BCUT2D eigenvalue weighted by atomic mass is 9.85. The van der Waals surface area contributed by atoms with Crippen molar-refractivity contribution < 1.29 is 0 Å². The van der Waals surface area contributed by atoms with Crippen LogP contribution < -0.4 is 5.73 Å². The Balaban J connectivity index is 1.99. The van der Waals surface area contributed by atoms with E-state index < -0.39 is 0 Å². The van der Waals surface area contributed by atoms with E-state index in [1.165, 1.54) is 22.3 Å². The number of anilines is 1. The van der Waals surface area contributed by atoms with Gasteiger partial charge in [0.05, 0.1) is 0 Å². The zero-order valence-electron chi connectivity index (χ0n) is 13.7. The highest BCUT2D eigenvalue weighted by atomic mass is 14.6. The van der Waals surface area contributed by atoms with E-state index in [4.69, 9.17) is 5.73 Å². The summed E-state index contributed by atoms with van der Waals surface area (Å²) in [5, 5.41) is 0. The number of hydrogen-bond acceptors (Lipinski definition) is 1. The first kappa shape index (κ1) is 15.4. The molecule has 0 amide bonds. The highest BCUT2D eigenvalue weighted by Crippen LogP contribution is 2.35. The molecule has 23 heavy (non-hydrogen) atoms. The third kappa shape index (κ3) is 3.14. The molecule has 3 aromatic rings. The van der Waals surface area contributed by atoms with Gasteiger partial charge in [0.15, 0.2) is 0 Å². The molecule has 0 heterocycles. The van der Waals surface area contributed by atoms with Crippen LogP contribution >= 0.6 is 0 Å². The van der Waals surface area contributed by atoms with E-state index in [1.54, 1.807) is 0 Å². The molecule has 0 saturated heterocycles. The molecular formula is C22H23N. The number of nitrogen functional groups attached to an aromatic ring is 1. The maximum Gasteiger partial charge on any atom is 0.0391 e. The lowest BCUT2D eigenvalue weighted by molar-refractivity contribution is 0.893. The summed E-state index contributed by atoms with van der Waals surface area (Å²) >= 11 is 0. The van der Waals surface area contributed by atoms with Crippen LogP contribution in [0, 0.1) is 0 Å². The van der Waals surface area contributed by atoms with Crippen LogP contribution in [0.5, 0.6) is 0 Å². The Bertz CT molecular complexity index is 699. The van der Waals surface area contributed by atoms with Crippen LogP contribution in [0.25, 0.3) is 0 Å². The topological polar surface area (TPSA) is 26.0 Å². The third-order valence-electron chi connectivity index (χ3n) is 4.71. The van der Waals surface area contributed by atoms with Crippen molar-refractivity contribution in [3.05, 3.63) is 101 Å². The van der Waals surface area contributed by atoms with Crippen molar-refractivity contribution in [2.24, 2.45) is 0 Å². The number of nitrogens with two attached hydrogens (primary N) is 1. The third-order valence-corrected chi connectivity index (χ3v) is 4.71. The average molecular weight is 301 g/mol. The van der Waals surface area contributed by atoms with Crippen LogP contribution in [0.2, 0.25) is 0 Å². The minimum absolute atomic E-state index is 0.291. The quantitative estimate of drug-likeness (QED) is 0.626. The molecule has 0 fully saturated rings. The molecule has 0 unspecified atom stereocenters. The van der Waals surface area contributed by atoms with Crippen molar-refractivity contribution in [1.82, 2.24) is 0 Å². The molecule has 0 bridgehead atoms. The molecule has 2 N–H and O–H groups in total. The lowest BCUT2D eigenvalue weighted by Crippen LogP contribution is -2.07. The van der Waals surface area contributed by atoms with E-state index in [9.17, 15) is 0 Å². The van der Waals surface area contributed by atoms with Crippen molar-refractivity contribution >= 4 is 5.69 Å². The number of hydrogen-bond donors (Lipinski definition) is 1. The summed E-state index contributed by atoms with van der Waals surface area (Å²) in [6.45, 7) is 4.44. The fraction of sp³-hybridized carbons (Fsp3) is 0.182. The monoisotopic (exact) mass is 301 g/mol. The van der Waals surface area contributed by atoms with Crippen molar-refractivity contribution in [3.8, 4) is 0 Å². The zero-order valence-corrected chi connectivity index (χ0v) is 13.7. The van der Waals surface area contributed by atoms with Crippen LogP contribution in [0.4, 0.5) is 5.69 Å². The van der Waals surface area contributed by atoms with Gasteiger partial charge in [-0.15, -0.1) is 0 Å². The Hall–Kier alpha value is -2.54. The first-order valence-corrected chi connectivity index (χ1v) is 8.16. The van der Waals surface area contributed by atoms with Crippen molar-refractivity contribution in [2.75, 3.05) is 5.73 Å². The van der Waals surface area contributed by atoms with Gasteiger partial charge in [0, 0.05) is 17.5 Å². The molecule has 0 aromatic heterocycles. The molecule has 0 spiro atoms. The second-order valence-corrected chi connectivity index (χ2v) is 6.11. The molecule has 3 rings (SSSR count). The predicted molar refractivity (Wildman–Crippen MR) is 98.8 cm³/mol. The van der Waals surface area contributed by atoms with E-state index in [-0.39, 0.29) is 0 Å². The normalized spacial score (nSPS) is 13.5. The van der Waals surface area contributed by atoms with Crippen LogP contribution in [-0.2, 0) is 0 Å². The van der Waals surface area contributed by atoms with E-state index in [2.05, 4.69) is 80.6 Å². The van der Waals surface area contributed by atoms with Crippen molar-refractivity contribution in [3.63, 3.8) is 0 Å². The summed E-state index contributed by atoms with van der Waals surface area (Å²) in [5.74, 6) is 0.582. The molecule has 3 aromatic carbocycles. The predicted octanol–water partition coefficient (Wildman–Crippen LogP) is 5.57. The molecule has 2 atom stereocenters. The smallest absolute Gasteiger partial charge is 0.0391 e. The van der Waals surface area contributed by atoms with Gasteiger partial charge in [0.2, 0.25) is 0 Å². The Morgan fingerprint density at radius 1 is 0.565 bits per heavy atom. The van der Waals surface area contributed by atoms with Gasteiger partial charge < -0.3 is 5.73 Å². The number of benzene rings is 3. The second kappa shape index (κ2) is 6.70. The SMILES string of the molecule is C[C@@H](c1ccccc1)c1cccc([C@@H](C)c2ccccc2)c1N. The molecule has 0 aliphatic carbocycles. The number of para-hydroxylation sites is 1. The van der Waals surface area contributed by atoms with Gasteiger partial charge >= 0.3 is 0 Å². The van der Waals surface area contributed by atoms with Gasteiger partial charge in [-0.3, -0.25) is 0 Å². The number of rotatable bonds is 4. The van der Waals surface area contributed by atoms with Gasteiger partial charge in [0.25, 0.3) is 0 Å². The van der Waals surface area contributed by atoms with Gasteiger partial charge in [-0.25, -0.2) is 0 Å². The van der Waals surface area contributed by atoms with Crippen molar-refractivity contribution in [2.45, 2.75) is 25.7 Å². The van der Waals surface area contributed by atoms with Crippen LogP contribution in [0.15, 0.2) is 78.9 Å². The highest BCUT2D eigenvalue weighted by molar-refractivity contribution is 5.59. The summed E-state index contributed by atoms with van der Waals surface area (Å²) in [6, 6.07) is 27.5. The first-order valence-electron chi connectivity index (χ1n) is 8.16. The molecule has 0 radical (unpaired) electrons. The van der Waals surface area contributed by atoms with Crippen LogP contribution in [-0.4, -0.2) is 0 Å². The Kier molecular flexibility index (Phi) is 4.47. The molecule has 1 nitrogen and oxygen atoms in total. The Morgan fingerprint density at radius 3 is 1.35 bits per heavy atom. The molecule has 0 aliphatic rings. The summed E-state index contributed by atoms with van der Waals surface area (Å²) in [5.41, 5.74) is 12.5. The van der Waals surface area contributed by atoms with E-state index in [1.807, 2.05) is 12.1 Å². The van der Waals surface area contributed by atoms with Gasteiger partial charge in [-0.1, -0.05) is 92.7 Å². The maximum absolute atomic E-state index is 6.56. The lowest BCUT2D eigenvalue weighted by Gasteiger charge is -2.21. The van der Waals surface area contributed by atoms with Crippen molar-refractivity contribution in [1.29, 1.82) is 0 Å². The Labute approximate surface area is 138 Å². The summed E-state index contributed by atoms with van der Waals surface area (Å²) in [4.78, 5) is 0. The van der Waals surface area contributed by atoms with Gasteiger partial charge in [0.1, 0.15) is 0 Å². The largest absolute Gasteiger partial charge is 0.398 e. The van der Waals surface area contributed by atoms with Gasteiger partial charge in [-0.05, 0) is 22.3 Å². The fourth-order valence-electron chi connectivity index (χ4n) is 3.20. The van der Waals surface area contributed by atoms with E-state index in [0.29, 0.717) is 11.8 Å². The average Bonchev–Trinajstić information content (AvgIpc) is 2.62. The van der Waals surface area contributed by atoms with E-state index >= 15 is 0 Å². The highest BCUT2D eigenvalue weighted by Gasteiger charge is 2.17. The maximum atomic E-state index is 6.56. The minimum atomic E-state index is 0.291. The first-order chi connectivity index (χ1) is 11.2. The standard InChI is InChI=1S/C22H23N/c1-16(18-10-5-3-6-11-18)20-14-9-15-21(22(20)23)17(2)19-12-7-4-8-13-19/h3-17H,23H2,1-2H3/t16-,17-/m0/s1. The summed E-state index contributed by atoms with van der Waals surface area (Å²) < 4.78 is 0. The molecule has 116 valence electrons. The fourth-order valence-corrected chi connectivity index (χ4v) is 3.20. The van der Waals surface area contributed by atoms with E-state index in [0.717, 1.165) is 5.69 Å². The zero-order chi connectivity index (χ0) is 16.2. The van der Waals surface area contributed by atoms with Gasteiger partial charge in [-0.2, -0.15) is 0 Å². The van der Waals surface area contributed by atoms with Crippen LogP contribution in [0.1, 0.15) is 47.9 Å². The second-order valence-electron chi connectivity index (χ2n) is 6.11. The molecular weight excluding hydrogens is 278 g/mol. The molecule has 0 aliphatic heterocycles. The molecule has 0 saturated carbocycles. The Morgan fingerprint density at radius 2 is 0.957 bits per heavy atom.